The van der Waals surface area contributed by atoms with E-state index in [0.29, 0.717) is 31.9 Å². The zero-order chi connectivity index (χ0) is 30.2. The van der Waals surface area contributed by atoms with Crippen molar-refractivity contribution < 1.29 is 14.3 Å². The molecule has 43 heavy (non-hydrogen) atoms. The van der Waals surface area contributed by atoms with E-state index in [-0.39, 0.29) is 5.91 Å². The second kappa shape index (κ2) is 14.0. The standard InChI is InChI=1S/C37H39N3O3/c1-26-31(14-8-15-32(26)30-12-5-4-6-13-30)25-43-36-21-37(42-24-29-11-7-10-28(20-29)22-38)35(33-16-9-17-34(33)36)23-40(3)19-18-39-27(2)41/h4-8,10-15,20-21H,9,16-19,23-25H2,1-3H3,(H,39,41). The van der Waals surface area contributed by atoms with Crippen molar-refractivity contribution in [3.8, 4) is 28.7 Å². The predicted octanol–water partition coefficient (Wildman–Crippen LogP) is 6.75. The highest BCUT2D eigenvalue weighted by Gasteiger charge is 2.25. The monoisotopic (exact) mass is 573 g/mol. The molecule has 1 aliphatic rings. The fraction of sp³-hybridized carbons (Fsp3) is 0.297. The number of hydrogen-bond acceptors (Lipinski definition) is 5. The van der Waals surface area contributed by atoms with E-state index in [2.05, 4.69) is 78.8 Å². The summed E-state index contributed by atoms with van der Waals surface area (Å²) in [5, 5.41) is 12.2. The Morgan fingerprint density at radius 1 is 0.930 bits per heavy atom. The van der Waals surface area contributed by atoms with E-state index in [9.17, 15) is 10.1 Å². The molecule has 0 fully saturated rings. The van der Waals surface area contributed by atoms with Gasteiger partial charge in [0, 0.05) is 38.2 Å². The van der Waals surface area contributed by atoms with Gasteiger partial charge in [-0.05, 0) is 84.3 Å². The van der Waals surface area contributed by atoms with Gasteiger partial charge in [0.05, 0.1) is 11.6 Å². The van der Waals surface area contributed by atoms with E-state index in [0.717, 1.165) is 48.4 Å². The summed E-state index contributed by atoms with van der Waals surface area (Å²) >= 11 is 0. The zero-order valence-electron chi connectivity index (χ0n) is 25.3. The van der Waals surface area contributed by atoms with Crippen molar-refractivity contribution in [2.45, 2.75) is 52.9 Å². The highest BCUT2D eigenvalue weighted by atomic mass is 16.5. The minimum Gasteiger partial charge on any atom is -0.488 e. The first-order valence-electron chi connectivity index (χ1n) is 14.9. The average molecular weight is 574 g/mol. The Bertz CT molecular complexity index is 1620. The number of rotatable bonds is 12. The molecule has 0 spiro atoms. The van der Waals surface area contributed by atoms with Crippen molar-refractivity contribution >= 4 is 5.91 Å². The average Bonchev–Trinajstić information content (AvgIpc) is 3.51. The van der Waals surface area contributed by atoms with Gasteiger partial charge < -0.3 is 19.7 Å². The minimum atomic E-state index is -0.0241. The third-order valence-electron chi connectivity index (χ3n) is 8.10. The summed E-state index contributed by atoms with van der Waals surface area (Å²) in [7, 11) is 2.07. The number of nitrogens with one attached hydrogen (secondary N) is 1. The third kappa shape index (κ3) is 7.43. The molecule has 0 aromatic heterocycles. The van der Waals surface area contributed by atoms with Gasteiger partial charge in [-0.1, -0.05) is 60.7 Å². The normalized spacial score (nSPS) is 12.1. The van der Waals surface area contributed by atoms with Crippen LogP contribution in [-0.2, 0) is 37.4 Å². The molecule has 0 atom stereocenters. The number of ether oxygens (including phenoxy) is 2. The molecule has 0 saturated carbocycles. The van der Waals surface area contributed by atoms with Gasteiger partial charge in [-0.2, -0.15) is 5.26 Å². The molecule has 6 nitrogen and oxygen atoms in total. The first kappa shape index (κ1) is 29.9. The Morgan fingerprint density at radius 3 is 2.49 bits per heavy atom. The van der Waals surface area contributed by atoms with Crippen LogP contribution in [0.1, 0.15) is 52.3 Å². The van der Waals surface area contributed by atoms with Crippen molar-refractivity contribution in [3.63, 3.8) is 0 Å². The molecule has 0 bridgehead atoms. The summed E-state index contributed by atoms with van der Waals surface area (Å²) in [5.41, 5.74) is 10.1. The van der Waals surface area contributed by atoms with Gasteiger partial charge in [0.15, 0.2) is 0 Å². The summed E-state index contributed by atoms with van der Waals surface area (Å²) in [6, 6.07) is 28.7. The first-order chi connectivity index (χ1) is 20.9. The van der Waals surface area contributed by atoms with E-state index < -0.39 is 0 Å². The van der Waals surface area contributed by atoms with Crippen LogP contribution < -0.4 is 14.8 Å². The minimum absolute atomic E-state index is 0.0241. The Labute approximate surface area is 254 Å². The molecule has 4 aromatic rings. The molecule has 0 radical (unpaired) electrons. The number of benzene rings is 4. The lowest BCUT2D eigenvalue weighted by Crippen LogP contribution is -2.31. The van der Waals surface area contributed by atoms with Gasteiger partial charge >= 0.3 is 0 Å². The van der Waals surface area contributed by atoms with Crippen molar-refractivity contribution in [1.29, 1.82) is 5.26 Å². The number of amides is 1. The largest absolute Gasteiger partial charge is 0.488 e. The Morgan fingerprint density at radius 2 is 1.70 bits per heavy atom. The molecular formula is C37H39N3O3. The van der Waals surface area contributed by atoms with Crippen molar-refractivity contribution in [1.82, 2.24) is 10.2 Å². The molecule has 0 heterocycles. The number of hydrogen-bond donors (Lipinski definition) is 1. The Hall–Kier alpha value is -4.60. The lowest BCUT2D eigenvalue weighted by Gasteiger charge is -2.24. The number of fused-ring (bicyclic) bond motifs is 1. The molecule has 0 saturated heterocycles. The van der Waals surface area contributed by atoms with Gasteiger partial charge in [-0.3, -0.25) is 4.79 Å². The SMILES string of the molecule is CC(=O)NCCN(C)Cc1c(OCc2cccc(C#N)c2)cc(OCc2cccc(-c3ccccc3)c2C)c2c1CCC2. The summed E-state index contributed by atoms with van der Waals surface area (Å²) in [5.74, 6) is 1.66. The van der Waals surface area contributed by atoms with Gasteiger partial charge in [0.2, 0.25) is 5.91 Å². The van der Waals surface area contributed by atoms with Crippen LogP contribution in [0.25, 0.3) is 11.1 Å². The molecule has 0 unspecified atom stereocenters. The molecule has 0 aliphatic heterocycles. The van der Waals surface area contributed by atoms with Crippen LogP contribution in [-0.4, -0.2) is 30.9 Å². The summed E-state index contributed by atoms with van der Waals surface area (Å²) in [4.78, 5) is 13.6. The van der Waals surface area contributed by atoms with Gasteiger partial charge in [0.25, 0.3) is 0 Å². The maximum absolute atomic E-state index is 11.4. The van der Waals surface area contributed by atoms with Gasteiger partial charge in [0.1, 0.15) is 24.7 Å². The van der Waals surface area contributed by atoms with Crippen molar-refractivity contribution in [2.75, 3.05) is 20.1 Å². The predicted molar refractivity (Wildman–Crippen MR) is 170 cm³/mol. The second-order valence-electron chi connectivity index (χ2n) is 11.2. The van der Waals surface area contributed by atoms with Crippen LogP contribution in [0.4, 0.5) is 0 Å². The quantitative estimate of drug-likeness (QED) is 0.203. The number of carbonyl (C=O) groups is 1. The highest BCUT2D eigenvalue weighted by Crippen LogP contribution is 2.40. The molecule has 6 heteroatoms. The summed E-state index contributed by atoms with van der Waals surface area (Å²) < 4.78 is 13.1. The summed E-state index contributed by atoms with van der Waals surface area (Å²) in [6.45, 7) is 6.55. The Kier molecular flexibility index (Phi) is 9.76. The van der Waals surface area contributed by atoms with Crippen LogP contribution in [0.3, 0.4) is 0 Å². The fourth-order valence-electron chi connectivity index (χ4n) is 5.81. The molecule has 220 valence electrons. The van der Waals surface area contributed by atoms with E-state index in [1.54, 1.807) is 6.07 Å². The summed E-state index contributed by atoms with van der Waals surface area (Å²) in [6.07, 6.45) is 3.02. The van der Waals surface area contributed by atoms with Crippen LogP contribution in [0.2, 0.25) is 0 Å². The van der Waals surface area contributed by atoms with Crippen LogP contribution in [0.15, 0.2) is 78.9 Å². The van der Waals surface area contributed by atoms with E-state index in [1.807, 2.05) is 24.3 Å². The lowest BCUT2D eigenvalue weighted by molar-refractivity contribution is -0.119. The maximum Gasteiger partial charge on any atom is 0.216 e. The topological polar surface area (TPSA) is 74.6 Å². The fourth-order valence-corrected chi connectivity index (χ4v) is 5.81. The molecule has 1 aliphatic carbocycles. The van der Waals surface area contributed by atoms with E-state index >= 15 is 0 Å². The smallest absolute Gasteiger partial charge is 0.216 e. The Balaban J connectivity index is 1.43. The van der Waals surface area contributed by atoms with Crippen LogP contribution in [0.5, 0.6) is 11.5 Å². The number of nitriles is 1. The highest BCUT2D eigenvalue weighted by molar-refractivity contribution is 5.72. The lowest BCUT2D eigenvalue weighted by atomic mass is 9.97. The molecular weight excluding hydrogens is 534 g/mol. The van der Waals surface area contributed by atoms with Gasteiger partial charge in [-0.15, -0.1) is 0 Å². The van der Waals surface area contributed by atoms with Crippen LogP contribution >= 0.6 is 0 Å². The zero-order valence-corrected chi connectivity index (χ0v) is 25.3. The number of likely N-dealkylation sites (N-methyl/N-ethyl adjacent to an activating group) is 1. The molecule has 1 amide bonds. The van der Waals surface area contributed by atoms with E-state index in [4.69, 9.17) is 9.47 Å². The third-order valence-corrected chi connectivity index (χ3v) is 8.10. The van der Waals surface area contributed by atoms with E-state index in [1.165, 1.54) is 40.3 Å². The van der Waals surface area contributed by atoms with Crippen molar-refractivity contribution in [2.24, 2.45) is 0 Å². The van der Waals surface area contributed by atoms with Crippen molar-refractivity contribution in [3.05, 3.63) is 118 Å². The number of carbonyl (C=O) groups excluding carboxylic acids is 1. The number of nitrogens with zero attached hydrogens (tertiary/aromatic N) is 2. The van der Waals surface area contributed by atoms with Gasteiger partial charge in [-0.25, -0.2) is 0 Å². The van der Waals surface area contributed by atoms with Crippen LogP contribution in [0, 0.1) is 18.3 Å². The second-order valence-corrected chi connectivity index (χ2v) is 11.2. The molecule has 5 rings (SSSR count). The molecule has 1 N–H and O–H groups in total. The molecule has 4 aromatic carbocycles. The first-order valence-corrected chi connectivity index (χ1v) is 14.9. The maximum atomic E-state index is 11.4.